The summed E-state index contributed by atoms with van der Waals surface area (Å²) in [7, 11) is -3.63. The standard InChI is InChI=1S/C26H28N2O4S2/c1-19-4-6-20(7-5-19)25(29)21-13-16-28(17-14-21)26(30)22-8-10-24(11-9-22)34(31,32)27-15-12-23-3-2-18-33-23/h2-11,18,21,27H,12-17H2,1H3. The summed E-state index contributed by atoms with van der Waals surface area (Å²) in [6, 6.07) is 17.6. The van der Waals surface area contributed by atoms with Crippen LogP contribution in [0, 0.1) is 12.8 Å². The molecule has 2 aromatic carbocycles. The largest absolute Gasteiger partial charge is 0.339 e. The van der Waals surface area contributed by atoms with Gasteiger partial charge in [-0.1, -0.05) is 35.9 Å². The monoisotopic (exact) mass is 496 g/mol. The van der Waals surface area contributed by atoms with Crippen molar-refractivity contribution in [1.82, 2.24) is 9.62 Å². The number of nitrogens with one attached hydrogen (secondary N) is 1. The first-order valence-electron chi connectivity index (χ1n) is 11.4. The fraction of sp³-hybridized carbons (Fsp3) is 0.308. The number of amides is 1. The molecule has 1 aromatic heterocycles. The van der Waals surface area contributed by atoms with Gasteiger partial charge in [0.2, 0.25) is 10.0 Å². The van der Waals surface area contributed by atoms with Crippen LogP contribution in [0.15, 0.2) is 70.9 Å². The van der Waals surface area contributed by atoms with Gasteiger partial charge in [-0.25, -0.2) is 13.1 Å². The van der Waals surface area contributed by atoms with E-state index < -0.39 is 10.0 Å². The van der Waals surface area contributed by atoms with E-state index in [1.807, 2.05) is 48.7 Å². The highest BCUT2D eigenvalue weighted by atomic mass is 32.2. The molecule has 0 saturated carbocycles. The van der Waals surface area contributed by atoms with E-state index in [9.17, 15) is 18.0 Å². The molecule has 4 rings (SSSR count). The first-order chi connectivity index (χ1) is 16.3. The number of aryl methyl sites for hydroxylation is 1. The SMILES string of the molecule is Cc1ccc(C(=O)C2CCN(C(=O)c3ccc(S(=O)(=O)NCCc4cccs4)cc3)CC2)cc1. The van der Waals surface area contributed by atoms with Gasteiger partial charge in [-0.05, 0) is 61.9 Å². The lowest BCUT2D eigenvalue weighted by Crippen LogP contribution is -2.40. The third-order valence-corrected chi connectivity index (χ3v) is 8.56. The molecule has 1 fully saturated rings. The Balaban J connectivity index is 1.31. The lowest BCUT2D eigenvalue weighted by Gasteiger charge is -2.31. The Morgan fingerprint density at radius 1 is 0.971 bits per heavy atom. The molecule has 1 N–H and O–H groups in total. The lowest BCUT2D eigenvalue weighted by molar-refractivity contribution is 0.0650. The first-order valence-corrected chi connectivity index (χ1v) is 13.7. The van der Waals surface area contributed by atoms with Gasteiger partial charge in [0.15, 0.2) is 5.78 Å². The average molecular weight is 497 g/mol. The van der Waals surface area contributed by atoms with Crippen molar-refractivity contribution in [2.45, 2.75) is 31.1 Å². The van der Waals surface area contributed by atoms with Crippen LogP contribution in [0.25, 0.3) is 0 Å². The number of rotatable bonds is 8. The van der Waals surface area contributed by atoms with Crippen molar-refractivity contribution in [2.24, 2.45) is 5.92 Å². The zero-order valence-corrected chi connectivity index (χ0v) is 20.7. The molecule has 0 atom stereocenters. The minimum Gasteiger partial charge on any atom is -0.339 e. The maximum absolute atomic E-state index is 12.9. The summed E-state index contributed by atoms with van der Waals surface area (Å²) in [5.74, 6) is -0.0939. The number of hydrogen-bond donors (Lipinski definition) is 1. The molecule has 1 saturated heterocycles. The molecule has 0 unspecified atom stereocenters. The van der Waals surface area contributed by atoms with Crippen LogP contribution in [0.5, 0.6) is 0 Å². The van der Waals surface area contributed by atoms with Gasteiger partial charge in [0.05, 0.1) is 4.90 Å². The summed E-state index contributed by atoms with van der Waals surface area (Å²) in [5.41, 5.74) is 2.28. The van der Waals surface area contributed by atoms with Crippen molar-refractivity contribution in [3.63, 3.8) is 0 Å². The summed E-state index contributed by atoms with van der Waals surface area (Å²) in [5, 5.41) is 1.96. The summed E-state index contributed by atoms with van der Waals surface area (Å²) in [4.78, 5) is 28.7. The number of nitrogens with zero attached hydrogens (tertiary/aromatic N) is 1. The van der Waals surface area contributed by atoms with Crippen LogP contribution in [0.4, 0.5) is 0 Å². The number of Topliss-reactive ketones (excluding diaryl/α,β-unsaturated/α-hetero) is 1. The number of hydrogen-bond acceptors (Lipinski definition) is 5. The number of piperidine rings is 1. The highest BCUT2D eigenvalue weighted by molar-refractivity contribution is 7.89. The van der Waals surface area contributed by atoms with Crippen LogP contribution in [0.2, 0.25) is 0 Å². The Labute approximate surface area is 204 Å². The summed E-state index contributed by atoms with van der Waals surface area (Å²) in [6.07, 6.45) is 1.88. The van der Waals surface area contributed by atoms with E-state index in [4.69, 9.17) is 0 Å². The number of carbonyl (C=O) groups is 2. The molecule has 34 heavy (non-hydrogen) atoms. The maximum atomic E-state index is 12.9. The Morgan fingerprint density at radius 2 is 1.62 bits per heavy atom. The van der Waals surface area contributed by atoms with Crippen LogP contribution >= 0.6 is 11.3 Å². The van der Waals surface area contributed by atoms with E-state index >= 15 is 0 Å². The molecule has 6 nitrogen and oxygen atoms in total. The van der Waals surface area contributed by atoms with Gasteiger partial charge in [-0.2, -0.15) is 0 Å². The average Bonchev–Trinajstić information content (AvgIpc) is 3.37. The lowest BCUT2D eigenvalue weighted by atomic mass is 9.88. The minimum atomic E-state index is -3.63. The van der Waals surface area contributed by atoms with Crippen molar-refractivity contribution in [2.75, 3.05) is 19.6 Å². The molecule has 1 aliphatic rings. The van der Waals surface area contributed by atoms with E-state index in [-0.39, 0.29) is 22.5 Å². The Morgan fingerprint density at radius 3 is 2.24 bits per heavy atom. The molecular formula is C26H28N2O4S2. The summed E-state index contributed by atoms with van der Waals surface area (Å²) >= 11 is 1.59. The fourth-order valence-electron chi connectivity index (χ4n) is 4.10. The molecule has 0 radical (unpaired) electrons. The smallest absolute Gasteiger partial charge is 0.253 e. The van der Waals surface area contributed by atoms with Crippen LogP contribution in [0.3, 0.4) is 0 Å². The van der Waals surface area contributed by atoms with Crippen molar-refractivity contribution >= 4 is 33.1 Å². The van der Waals surface area contributed by atoms with Crippen LogP contribution < -0.4 is 4.72 Å². The molecular weight excluding hydrogens is 468 g/mol. The number of sulfonamides is 1. The van der Waals surface area contributed by atoms with Gasteiger partial charge in [-0.15, -0.1) is 11.3 Å². The normalized spacial score (nSPS) is 14.8. The van der Waals surface area contributed by atoms with Gasteiger partial charge in [0.25, 0.3) is 5.91 Å². The molecule has 0 spiro atoms. The molecule has 8 heteroatoms. The van der Waals surface area contributed by atoms with Gasteiger partial charge >= 0.3 is 0 Å². The van der Waals surface area contributed by atoms with Crippen LogP contribution in [-0.2, 0) is 16.4 Å². The predicted molar refractivity (Wildman–Crippen MR) is 134 cm³/mol. The molecule has 3 aromatic rings. The summed E-state index contributed by atoms with van der Waals surface area (Å²) in [6.45, 7) is 3.32. The highest BCUT2D eigenvalue weighted by Crippen LogP contribution is 2.24. The number of ketones is 1. The predicted octanol–water partition coefficient (Wildman–Crippen LogP) is 4.31. The fourth-order valence-corrected chi connectivity index (χ4v) is 5.85. The van der Waals surface area contributed by atoms with E-state index in [0.29, 0.717) is 44.5 Å². The second-order valence-corrected chi connectivity index (χ2v) is 11.3. The number of thiophene rings is 1. The second kappa shape index (κ2) is 10.6. The van der Waals surface area contributed by atoms with E-state index in [0.717, 1.165) is 16.0 Å². The molecule has 1 aliphatic heterocycles. The summed E-state index contributed by atoms with van der Waals surface area (Å²) < 4.78 is 27.7. The van der Waals surface area contributed by atoms with Crippen molar-refractivity contribution in [1.29, 1.82) is 0 Å². The third-order valence-electron chi connectivity index (χ3n) is 6.14. The van der Waals surface area contributed by atoms with Crippen molar-refractivity contribution in [3.05, 3.63) is 87.6 Å². The number of likely N-dealkylation sites (tertiary alicyclic amines) is 1. The van der Waals surface area contributed by atoms with E-state index in [1.165, 1.54) is 12.1 Å². The van der Waals surface area contributed by atoms with Gasteiger partial charge < -0.3 is 4.90 Å². The minimum absolute atomic E-state index is 0.0838. The molecule has 1 amide bonds. The zero-order valence-electron chi connectivity index (χ0n) is 19.1. The Hall–Kier alpha value is -2.81. The number of carbonyl (C=O) groups excluding carboxylic acids is 2. The topological polar surface area (TPSA) is 83.6 Å². The highest BCUT2D eigenvalue weighted by Gasteiger charge is 2.28. The zero-order chi connectivity index (χ0) is 24.1. The second-order valence-electron chi connectivity index (χ2n) is 8.55. The third kappa shape index (κ3) is 5.81. The van der Waals surface area contributed by atoms with Crippen molar-refractivity contribution in [3.8, 4) is 0 Å². The Bertz CT molecular complexity index is 1230. The van der Waals surface area contributed by atoms with Crippen molar-refractivity contribution < 1.29 is 18.0 Å². The molecule has 0 aliphatic carbocycles. The van der Waals surface area contributed by atoms with E-state index in [2.05, 4.69) is 4.72 Å². The quantitative estimate of drug-likeness (QED) is 0.471. The molecule has 0 bridgehead atoms. The molecule has 2 heterocycles. The molecule has 178 valence electrons. The number of benzene rings is 2. The Kier molecular flexibility index (Phi) is 7.60. The van der Waals surface area contributed by atoms with Gasteiger partial charge in [0.1, 0.15) is 0 Å². The van der Waals surface area contributed by atoms with Gasteiger partial charge in [-0.3, -0.25) is 9.59 Å². The van der Waals surface area contributed by atoms with Crippen LogP contribution in [0.1, 0.15) is 44.0 Å². The maximum Gasteiger partial charge on any atom is 0.253 e. The van der Waals surface area contributed by atoms with E-state index in [1.54, 1.807) is 28.4 Å². The first kappa shape index (κ1) is 24.3. The van der Waals surface area contributed by atoms with Crippen LogP contribution in [-0.4, -0.2) is 44.6 Å². The van der Waals surface area contributed by atoms with Gasteiger partial charge in [0, 0.05) is 41.6 Å².